The third kappa shape index (κ3) is 6.30. The Morgan fingerprint density at radius 1 is 1.16 bits per heavy atom. The predicted octanol–water partition coefficient (Wildman–Crippen LogP) is 3.78. The number of ether oxygens (including phenoxy) is 2. The SMILES string of the molecule is CCCCOc1ccccc1/C=N\NC(=O)[C@H](C)Oc1ccccc1. The van der Waals surface area contributed by atoms with Crippen molar-refractivity contribution in [3.63, 3.8) is 0 Å². The number of rotatable bonds is 9. The first-order valence-electron chi connectivity index (χ1n) is 8.47. The maximum atomic E-state index is 12.1. The van der Waals surface area contributed by atoms with Crippen LogP contribution in [0.1, 0.15) is 32.3 Å². The molecule has 0 bridgehead atoms. The van der Waals surface area contributed by atoms with Gasteiger partial charge in [0.25, 0.3) is 5.91 Å². The van der Waals surface area contributed by atoms with Gasteiger partial charge in [-0.1, -0.05) is 43.7 Å². The van der Waals surface area contributed by atoms with E-state index >= 15 is 0 Å². The molecule has 2 rings (SSSR count). The highest BCUT2D eigenvalue weighted by atomic mass is 16.5. The van der Waals surface area contributed by atoms with Crippen LogP contribution in [0.2, 0.25) is 0 Å². The van der Waals surface area contributed by atoms with E-state index in [0.717, 1.165) is 24.2 Å². The first-order valence-corrected chi connectivity index (χ1v) is 8.47. The Morgan fingerprint density at radius 3 is 2.64 bits per heavy atom. The minimum atomic E-state index is -0.643. The predicted molar refractivity (Wildman–Crippen MR) is 99.1 cm³/mol. The summed E-state index contributed by atoms with van der Waals surface area (Å²) in [5.74, 6) is 1.08. The number of benzene rings is 2. The zero-order valence-corrected chi connectivity index (χ0v) is 14.6. The molecule has 0 unspecified atom stereocenters. The highest BCUT2D eigenvalue weighted by Gasteiger charge is 2.13. The normalized spacial score (nSPS) is 11.9. The number of para-hydroxylation sites is 2. The molecular weight excluding hydrogens is 316 g/mol. The fourth-order valence-electron chi connectivity index (χ4n) is 2.06. The molecule has 1 atom stereocenters. The topological polar surface area (TPSA) is 59.9 Å². The van der Waals surface area contributed by atoms with E-state index in [2.05, 4.69) is 17.5 Å². The number of carbonyl (C=O) groups is 1. The van der Waals surface area contributed by atoms with E-state index in [9.17, 15) is 4.79 Å². The number of unbranched alkanes of at least 4 members (excludes halogenated alkanes) is 1. The molecule has 5 heteroatoms. The molecule has 0 saturated carbocycles. The summed E-state index contributed by atoms with van der Waals surface area (Å²) in [5, 5.41) is 4.01. The molecule has 2 aromatic carbocycles. The zero-order chi connectivity index (χ0) is 17.9. The Labute approximate surface area is 148 Å². The van der Waals surface area contributed by atoms with Crippen molar-refractivity contribution in [1.29, 1.82) is 0 Å². The van der Waals surface area contributed by atoms with Crippen molar-refractivity contribution in [2.45, 2.75) is 32.8 Å². The molecule has 0 aliphatic rings. The van der Waals surface area contributed by atoms with Crippen molar-refractivity contribution in [2.75, 3.05) is 6.61 Å². The highest BCUT2D eigenvalue weighted by molar-refractivity contribution is 5.86. The van der Waals surface area contributed by atoms with Crippen LogP contribution in [-0.4, -0.2) is 24.8 Å². The van der Waals surface area contributed by atoms with Gasteiger partial charge in [-0.3, -0.25) is 4.79 Å². The molecule has 0 saturated heterocycles. The van der Waals surface area contributed by atoms with Gasteiger partial charge in [-0.05, 0) is 37.6 Å². The van der Waals surface area contributed by atoms with Crippen LogP contribution in [0.25, 0.3) is 0 Å². The van der Waals surface area contributed by atoms with Crippen LogP contribution in [-0.2, 0) is 4.79 Å². The van der Waals surface area contributed by atoms with Crippen molar-refractivity contribution < 1.29 is 14.3 Å². The lowest BCUT2D eigenvalue weighted by Crippen LogP contribution is -2.33. The second-order valence-electron chi connectivity index (χ2n) is 5.55. The van der Waals surface area contributed by atoms with Crippen molar-refractivity contribution in [1.82, 2.24) is 5.43 Å². The molecule has 5 nitrogen and oxygen atoms in total. The summed E-state index contributed by atoms with van der Waals surface area (Å²) in [5.41, 5.74) is 3.31. The van der Waals surface area contributed by atoms with Crippen molar-refractivity contribution in [3.8, 4) is 11.5 Å². The van der Waals surface area contributed by atoms with Gasteiger partial charge in [0.05, 0.1) is 12.8 Å². The molecule has 0 spiro atoms. The van der Waals surface area contributed by atoms with Gasteiger partial charge in [0, 0.05) is 5.56 Å². The summed E-state index contributed by atoms with van der Waals surface area (Å²) < 4.78 is 11.3. The van der Waals surface area contributed by atoms with Gasteiger partial charge < -0.3 is 9.47 Å². The molecule has 1 amide bonds. The molecule has 2 aromatic rings. The van der Waals surface area contributed by atoms with Crippen LogP contribution in [0.3, 0.4) is 0 Å². The molecule has 0 aromatic heterocycles. The third-order valence-electron chi connectivity index (χ3n) is 3.48. The van der Waals surface area contributed by atoms with Crippen molar-refractivity contribution in [2.24, 2.45) is 5.10 Å². The van der Waals surface area contributed by atoms with Gasteiger partial charge in [0.1, 0.15) is 11.5 Å². The highest BCUT2D eigenvalue weighted by Crippen LogP contribution is 2.16. The Balaban J connectivity index is 1.88. The van der Waals surface area contributed by atoms with Crippen LogP contribution in [0, 0.1) is 0 Å². The number of nitrogens with zero attached hydrogens (tertiary/aromatic N) is 1. The minimum Gasteiger partial charge on any atom is -0.493 e. The van der Waals surface area contributed by atoms with Crippen LogP contribution >= 0.6 is 0 Å². The maximum absolute atomic E-state index is 12.1. The van der Waals surface area contributed by atoms with E-state index in [-0.39, 0.29) is 5.91 Å². The first-order chi connectivity index (χ1) is 12.2. The number of hydrazone groups is 1. The van der Waals surface area contributed by atoms with Crippen LogP contribution < -0.4 is 14.9 Å². The van der Waals surface area contributed by atoms with Gasteiger partial charge in [-0.15, -0.1) is 0 Å². The number of carbonyl (C=O) groups excluding carboxylic acids is 1. The Morgan fingerprint density at radius 2 is 1.88 bits per heavy atom. The quantitative estimate of drug-likeness (QED) is 0.429. The summed E-state index contributed by atoms with van der Waals surface area (Å²) in [6.07, 6.45) is 3.01. The second-order valence-corrected chi connectivity index (χ2v) is 5.55. The molecule has 0 heterocycles. The summed E-state index contributed by atoms with van der Waals surface area (Å²) in [7, 11) is 0. The van der Waals surface area contributed by atoms with E-state index in [4.69, 9.17) is 9.47 Å². The monoisotopic (exact) mass is 340 g/mol. The van der Waals surface area contributed by atoms with E-state index in [0.29, 0.717) is 12.4 Å². The van der Waals surface area contributed by atoms with Crippen LogP contribution in [0.15, 0.2) is 59.7 Å². The Kier molecular flexibility index (Phi) is 7.50. The molecule has 0 aliphatic heterocycles. The Bertz CT molecular complexity index is 686. The summed E-state index contributed by atoms with van der Waals surface area (Å²) in [6, 6.07) is 16.8. The molecule has 132 valence electrons. The van der Waals surface area contributed by atoms with Gasteiger partial charge in [0.15, 0.2) is 6.10 Å². The fourth-order valence-corrected chi connectivity index (χ4v) is 2.06. The number of amides is 1. The van der Waals surface area contributed by atoms with Gasteiger partial charge in [-0.25, -0.2) is 5.43 Å². The lowest BCUT2D eigenvalue weighted by atomic mass is 10.2. The molecule has 0 aliphatic carbocycles. The zero-order valence-electron chi connectivity index (χ0n) is 14.6. The minimum absolute atomic E-state index is 0.315. The summed E-state index contributed by atoms with van der Waals surface area (Å²) in [6.45, 7) is 4.46. The van der Waals surface area contributed by atoms with Gasteiger partial charge >= 0.3 is 0 Å². The Hall–Kier alpha value is -2.82. The van der Waals surface area contributed by atoms with Crippen LogP contribution in [0.4, 0.5) is 0 Å². The van der Waals surface area contributed by atoms with Crippen molar-refractivity contribution in [3.05, 3.63) is 60.2 Å². The van der Waals surface area contributed by atoms with E-state index in [1.807, 2.05) is 42.5 Å². The van der Waals surface area contributed by atoms with Crippen molar-refractivity contribution >= 4 is 12.1 Å². The summed E-state index contributed by atoms with van der Waals surface area (Å²) >= 11 is 0. The van der Waals surface area contributed by atoms with E-state index < -0.39 is 6.10 Å². The van der Waals surface area contributed by atoms with Gasteiger partial charge in [-0.2, -0.15) is 5.10 Å². The van der Waals surface area contributed by atoms with E-state index in [1.165, 1.54) is 0 Å². The largest absolute Gasteiger partial charge is 0.493 e. The average Bonchev–Trinajstić information content (AvgIpc) is 2.64. The fraction of sp³-hybridized carbons (Fsp3) is 0.300. The first kappa shape index (κ1) is 18.5. The summed E-state index contributed by atoms with van der Waals surface area (Å²) in [4.78, 5) is 12.1. The smallest absolute Gasteiger partial charge is 0.280 e. The molecule has 1 N–H and O–H groups in total. The second kappa shape index (κ2) is 10.1. The number of hydrogen-bond donors (Lipinski definition) is 1. The van der Waals surface area contributed by atoms with Gasteiger partial charge in [0.2, 0.25) is 0 Å². The lowest BCUT2D eigenvalue weighted by molar-refractivity contribution is -0.127. The van der Waals surface area contributed by atoms with E-state index in [1.54, 1.807) is 25.3 Å². The molecular formula is C20H24N2O3. The number of hydrogen-bond acceptors (Lipinski definition) is 4. The molecule has 0 radical (unpaired) electrons. The standard InChI is InChI=1S/C20H24N2O3/c1-3-4-14-24-19-13-9-8-10-17(19)15-21-22-20(23)16(2)25-18-11-6-5-7-12-18/h5-13,15-16H,3-4,14H2,1-2H3,(H,22,23)/b21-15-/t16-/m0/s1. The lowest BCUT2D eigenvalue weighted by Gasteiger charge is -2.12. The third-order valence-corrected chi connectivity index (χ3v) is 3.48. The maximum Gasteiger partial charge on any atom is 0.280 e. The molecule has 25 heavy (non-hydrogen) atoms. The molecule has 0 fully saturated rings. The average molecular weight is 340 g/mol. The number of nitrogens with one attached hydrogen (secondary N) is 1. The van der Waals surface area contributed by atoms with Crippen LogP contribution in [0.5, 0.6) is 11.5 Å².